The zero-order chi connectivity index (χ0) is 13.7. The minimum atomic E-state index is 0.858. The molecule has 0 atom stereocenters. The van der Waals surface area contributed by atoms with Crippen LogP contribution in [-0.4, -0.2) is 24.5 Å². The number of hydrogen-bond donors (Lipinski definition) is 1. The fourth-order valence-corrected chi connectivity index (χ4v) is 2.66. The molecule has 0 amide bonds. The van der Waals surface area contributed by atoms with Crippen molar-refractivity contribution in [2.24, 2.45) is 5.92 Å². The van der Waals surface area contributed by atoms with E-state index >= 15 is 0 Å². The quantitative estimate of drug-likeness (QED) is 0.799. The lowest BCUT2D eigenvalue weighted by molar-refractivity contribution is 0.172. The van der Waals surface area contributed by atoms with Crippen molar-refractivity contribution < 1.29 is 4.42 Å². The minimum Gasteiger partial charge on any atom is -0.463 e. The van der Waals surface area contributed by atoms with Gasteiger partial charge in [0.15, 0.2) is 0 Å². The molecular weight excluding hydrogens is 236 g/mol. The Morgan fingerprint density at radius 3 is 2.79 bits per heavy atom. The molecule has 1 aromatic rings. The molecule has 1 saturated heterocycles. The molecule has 2 heterocycles. The molecule has 108 valence electrons. The number of piperidine rings is 1. The molecule has 0 aliphatic carbocycles. The lowest BCUT2D eigenvalue weighted by Crippen LogP contribution is -2.32. The van der Waals surface area contributed by atoms with Crippen molar-refractivity contribution in [2.45, 2.75) is 53.1 Å². The highest BCUT2D eigenvalue weighted by molar-refractivity contribution is 5.20. The first kappa shape index (κ1) is 14.6. The molecular formula is C16H28N2O. The first-order valence-electron chi connectivity index (χ1n) is 7.70. The van der Waals surface area contributed by atoms with Gasteiger partial charge >= 0.3 is 0 Å². The summed E-state index contributed by atoms with van der Waals surface area (Å²) < 4.78 is 5.99. The number of aryl methyl sites for hydroxylation is 1. The number of likely N-dealkylation sites (tertiary alicyclic amines) is 1. The molecule has 1 aromatic heterocycles. The fraction of sp³-hybridized carbons (Fsp3) is 0.750. The van der Waals surface area contributed by atoms with E-state index < -0.39 is 0 Å². The predicted molar refractivity (Wildman–Crippen MR) is 79.1 cm³/mol. The standard InChI is InChI=1S/C16H28N2O/c1-4-7-17-11-16-14(3)10-15(19-16)12-18-8-5-13(2)6-9-18/h10,13,17H,4-9,11-12H2,1-3H3. The van der Waals surface area contributed by atoms with Gasteiger partial charge < -0.3 is 9.73 Å². The molecule has 2 rings (SSSR count). The normalized spacial score (nSPS) is 18.1. The van der Waals surface area contributed by atoms with Crippen molar-refractivity contribution >= 4 is 0 Å². The van der Waals surface area contributed by atoms with Crippen molar-refractivity contribution in [3.63, 3.8) is 0 Å². The maximum Gasteiger partial charge on any atom is 0.120 e. The second-order valence-corrected chi connectivity index (χ2v) is 5.95. The van der Waals surface area contributed by atoms with Gasteiger partial charge in [0.25, 0.3) is 0 Å². The Balaban J connectivity index is 1.85. The van der Waals surface area contributed by atoms with Gasteiger partial charge in [0, 0.05) is 0 Å². The number of hydrogen-bond acceptors (Lipinski definition) is 3. The van der Waals surface area contributed by atoms with Gasteiger partial charge in [0.05, 0.1) is 13.1 Å². The van der Waals surface area contributed by atoms with Crippen LogP contribution >= 0.6 is 0 Å². The van der Waals surface area contributed by atoms with Crippen LogP contribution in [0.3, 0.4) is 0 Å². The van der Waals surface area contributed by atoms with Crippen LogP contribution < -0.4 is 5.32 Å². The Morgan fingerprint density at radius 1 is 1.37 bits per heavy atom. The Hall–Kier alpha value is -0.800. The number of rotatable bonds is 6. The molecule has 0 bridgehead atoms. The van der Waals surface area contributed by atoms with E-state index in [-0.39, 0.29) is 0 Å². The summed E-state index contributed by atoms with van der Waals surface area (Å²) >= 11 is 0. The summed E-state index contributed by atoms with van der Waals surface area (Å²) in [4.78, 5) is 2.52. The molecule has 0 saturated carbocycles. The summed E-state index contributed by atoms with van der Waals surface area (Å²) in [7, 11) is 0. The SMILES string of the molecule is CCCNCc1oc(CN2CCC(C)CC2)cc1C. The number of nitrogens with one attached hydrogen (secondary N) is 1. The van der Waals surface area contributed by atoms with Crippen molar-refractivity contribution in [3.8, 4) is 0 Å². The Morgan fingerprint density at radius 2 is 2.11 bits per heavy atom. The van der Waals surface area contributed by atoms with E-state index in [1.165, 1.54) is 37.9 Å². The van der Waals surface area contributed by atoms with Crippen LogP contribution in [-0.2, 0) is 13.1 Å². The van der Waals surface area contributed by atoms with Crippen molar-refractivity contribution in [1.29, 1.82) is 0 Å². The Bertz CT molecular complexity index is 378. The van der Waals surface area contributed by atoms with Crippen LogP contribution in [0, 0.1) is 12.8 Å². The number of nitrogens with zero attached hydrogens (tertiary/aromatic N) is 1. The molecule has 1 aliphatic rings. The summed E-state index contributed by atoms with van der Waals surface area (Å²) in [6.45, 7) is 12.0. The van der Waals surface area contributed by atoms with E-state index in [9.17, 15) is 0 Å². The van der Waals surface area contributed by atoms with Crippen LogP contribution in [0.2, 0.25) is 0 Å². The van der Waals surface area contributed by atoms with Gasteiger partial charge in [0.2, 0.25) is 0 Å². The van der Waals surface area contributed by atoms with Crippen molar-refractivity contribution in [1.82, 2.24) is 10.2 Å². The van der Waals surface area contributed by atoms with Crippen molar-refractivity contribution in [3.05, 3.63) is 23.2 Å². The van der Waals surface area contributed by atoms with E-state index in [2.05, 4.69) is 37.1 Å². The Kier molecular flexibility index (Phi) is 5.46. The molecule has 1 N–H and O–H groups in total. The van der Waals surface area contributed by atoms with E-state index in [4.69, 9.17) is 4.42 Å². The topological polar surface area (TPSA) is 28.4 Å². The van der Waals surface area contributed by atoms with Crippen molar-refractivity contribution in [2.75, 3.05) is 19.6 Å². The van der Waals surface area contributed by atoms with Crippen LogP contribution in [0.4, 0.5) is 0 Å². The Labute approximate surface area is 117 Å². The smallest absolute Gasteiger partial charge is 0.120 e. The van der Waals surface area contributed by atoms with E-state index in [0.717, 1.165) is 37.1 Å². The molecule has 0 radical (unpaired) electrons. The first-order valence-corrected chi connectivity index (χ1v) is 7.70. The van der Waals surface area contributed by atoms with Gasteiger partial charge in [0.1, 0.15) is 11.5 Å². The summed E-state index contributed by atoms with van der Waals surface area (Å²) in [5, 5.41) is 3.41. The molecule has 3 nitrogen and oxygen atoms in total. The molecule has 1 aliphatic heterocycles. The lowest BCUT2D eigenvalue weighted by Gasteiger charge is -2.29. The third kappa shape index (κ3) is 4.36. The first-order chi connectivity index (χ1) is 9.19. The lowest BCUT2D eigenvalue weighted by atomic mass is 9.99. The summed E-state index contributed by atoms with van der Waals surface area (Å²) in [6, 6.07) is 2.21. The van der Waals surface area contributed by atoms with E-state index in [0.29, 0.717) is 0 Å². The zero-order valence-corrected chi connectivity index (χ0v) is 12.7. The van der Waals surface area contributed by atoms with Gasteiger partial charge in [-0.15, -0.1) is 0 Å². The van der Waals surface area contributed by atoms with E-state index in [1.807, 2.05) is 0 Å². The average Bonchev–Trinajstić information content (AvgIpc) is 2.73. The zero-order valence-electron chi connectivity index (χ0n) is 12.7. The van der Waals surface area contributed by atoms with Gasteiger partial charge in [-0.3, -0.25) is 4.90 Å². The highest BCUT2D eigenvalue weighted by atomic mass is 16.3. The van der Waals surface area contributed by atoms with Gasteiger partial charge in [-0.1, -0.05) is 13.8 Å². The van der Waals surface area contributed by atoms with E-state index in [1.54, 1.807) is 0 Å². The second kappa shape index (κ2) is 7.11. The highest BCUT2D eigenvalue weighted by Crippen LogP contribution is 2.20. The molecule has 19 heavy (non-hydrogen) atoms. The molecule has 0 aromatic carbocycles. The van der Waals surface area contributed by atoms with Crippen LogP contribution in [0.1, 0.15) is 50.2 Å². The molecule has 0 unspecified atom stereocenters. The second-order valence-electron chi connectivity index (χ2n) is 5.95. The van der Waals surface area contributed by atoms with Gasteiger partial charge in [-0.25, -0.2) is 0 Å². The highest BCUT2D eigenvalue weighted by Gasteiger charge is 2.17. The average molecular weight is 264 g/mol. The predicted octanol–water partition coefficient (Wildman–Crippen LogP) is 3.32. The summed E-state index contributed by atoms with van der Waals surface area (Å²) in [5.74, 6) is 3.12. The van der Waals surface area contributed by atoms with Gasteiger partial charge in [-0.05, 0) is 63.4 Å². The van der Waals surface area contributed by atoms with Gasteiger partial charge in [-0.2, -0.15) is 0 Å². The maximum atomic E-state index is 5.99. The minimum absolute atomic E-state index is 0.858. The molecule has 0 spiro atoms. The summed E-state index contributed by atoms with van der Waals surface area (Å²) in [5.41, 5.74) is 1.28. The third-order valence-electron chi connectivity index (χ3n) is 4.04. The molecule has 1 fully saturated rings. The third-order valence-corrected chi connectivity index (χ3v) is 4.04. The monoisotopic (exact) mass is 264 g/mol. The maximum absolute atomic E-state index is 5.99. The van der Waals surface area contributed by atoms with Crippen LogP contribution in [0.25, 0.3) is 0 Å². The fourth-order valence-electron chi connectivity index (χ4n) is 2.66. The largest absolute Gasteiger partial charge is 0.463 e. The van der Waals surface area contributed by atoms with Crippen LogP contribution in [0.15, 0.2) is 10.5 Å². The summed E-state index contributed by atoms with van der Waals surface area (Å²) in [6.07, 6.45) is 3.81. The number of furan rings is 1. The van der Waals surface area contributed by atoms with Crippen LogP contribution in [0.5, 0.6) is 0 Å². The molecule has 3 heteroatoms.